The molecule has 1 amide bonds. The smallest absolute Gasteiger partial charge is 0.233 e. The molecular weight excluding hydrogens is 354 g/mol. The molecule has 0 saturated carbocycles. The molecule has 1 aromatic rings. The third-order valence-electron chi connectivity index (χ3n) is 4.60. The van der Waals surface area contributed by atoms with E-state index in [2.05, 4.69) is 21.9 Å². The van der Waals surface area contributed by atoms with Crippen LogP contribution in [0.1, 0.15) is 26.7 Å². The lowest BCUT2D eigenvalue weighted by Crippen LogP contribution is -2.43. The van der Waals surface area contributed by atoms with Crippen molar-refractivity contribution in [1.29, 1.82) is 0 Å². The second-order valence-electron chi connectivity index (χ2n) is 6.85. The van der Waals surface area contributed by atoms with Crippen LogP contribution in [0.2, 0.25) is 0 Å². The summed E-state index contributed by atoms with van der Waals surface area (Å²) in [6, 6.07) is 6.94. The molecular formula is C18H29N3O4S. The molecule has 146 valence electrons. The Hall–Kier alpha value is -1.80. The number of benzene rings is 1. The number of carbonyl (C=O) groups excluding carboxylic acids is 1. The van der Waals surface area contributed by atoms with Crippen LogP contribution < -0.4 is 14.8 Å². The van der Waals surface area contributed by atoms with Crippen LogP contribution in [0.4, 0.5) is 5.69 Å². The lowest BCUT2D eigenvalue weighted by molar-refractivity contribution is -0.124. The highest BCUT2D eigenvalue weighted by molar-refractivity contribution is 7.92. The molecule has 1 fully saturated rings. The van der Waals surface area contributed by atoms with E-state index in [4.69, 9.17) is 4.74 Å². The normalized spacial score (nSPS) is 17.5. The van der Waals surface area contributed by atoms with Crippen LogP contribution in [0.3, 0.4) is 0 Å². The van der Waals surface area contributed by atoms with E-state index in [1.807, 2.05) is 0 Å². The summed E-state index contributed by atoms with van der Waals surface area (Å²) < 4.78 is 32.2. The molecule has 2 unspecified atom stereocenters. The van der Waals surface area contributed by atoms with Crippen LogP contribution in [-0.4, -0.2) is 57.8 Å². The van der Waals surface area contributed by atoms with Crippen LogP contribution in [0.25, 0.3) is 0 Å². The molecule has 0 spiro atoms. The molecule has 26 heavy (non-hydrogen) atoms. The van der Waals surface area contributed by atoms with E-state index >= 15 is 0 Å². The Labute approximate surface area is 156 Å². The van der Waals surface area contributed by atoms with E-state index in [1.54, 1.807) is 31.2 Å². The molecule has 1 aliphatic rings. The van der Waals surface area contributed by atoms with E-state index in [0.29, 0.717) is 18.0 Å². The monoisotopic (exact) mass is 383 g/mol. The number of sulfonamides is 1. The van der Waals surface area contributed by atoms with Crippen molar-refractivity contribution in [3.05, 3.63) is 24.3 Å². The maximum Gasteiger partial charge on any atom is 0.233 e. The van der Waals surface area contributed by atoms with Gasteiger partial charge in [0.05, 0.1) is 24.5 Å². The first kappa shape index (κ1) is 20.5. The average Bonchev–Trinajstić information content (AvgIpc) is 3.13. The first-order chi connectivity index (χ1) is 12.3. The van der Waals surface area contributed by atoms with Gasteiger partial charge in [0.2, 0.25) is 15.9 Å². The molecule has 0 aromatic heterocycles. The summed E-state index contributed by atoms with van der Waals surface area (Å²) in [7, 11) is -2.12. The maximum atomic E-state index is 12.3. The maximum absolute atomic E-state index is 12.3. The van der Waals surface area contributed by atoms with E-state index < -0.39 is 15.9 Å². The second-order valence-corrected chi connectivity index (χ2v) is 8.62. The first-order valence-corrected chi connectivity index (χ1v) is 10.6. The van der Waals surface area contributed by atoms with Crippen LogP contribution >= 0.6 is 0 Å². The standard InChI is InChI=1S/C18H29N3O4S/c1-14(18(22)19-12-15(2)21-9-4-5-10-21)13-26(23,24)20-16-7-6-8-17(11-16)25-3/h6-8,11,14-15,20H,4-5,9-10,12-13H2,1-3H3,(H,19,22). The van der Waals surface area contributed by atoms with Gasteiger partial charge in [-0.05, 0) is 45.0 Å². The van der Waals surface area contributed by atoms with Crippen molar-refractivity contribution in [2.45, 2.75) is 32.7 Å². The minimum absolute atomic E-state index is 0.243. The number of nitrogens with zero attached hydrogens (tertiary/aromatic N) is 1. The van der Waals surface area contributed by atoms with Crippen molar-refractivity contribution < 1.29 is 17.9 Å². The molecule has 1 heterocycles. The molecule has 0 bridgehead atoms. The number of methoxy groups -OCH3 is 1. The lowest BCUT2D eigenvalue weighted by Gasteiger charge is -2.24. The number of rotatable bonds is 9. The predicted octanol–water partition coefficient (Wildman–Crippen LogP) is 1.67. The van der Waals surface area contributed by atoms with Gasteiger partial charge < -0.3 is 10.1 Å². The molecule has 2 N–H and O–H groups in total. The molecule has 7 nitrogen and oxygen atoms in total. The summed E-state index contributed by atoms with van der Waals surface area (Å²) in [5.74, 6) is -0.587. The number of anilines is 1. The molecule has 2 atom stereocenters. The second kappa shape index (κ2) is 9.23. The Morgan fingerprint density at radius 1 is 1.27 bits per heavy atom. The Balaban J connectivity index is 1.83. The molecule has 1 aromatic carbocycles. The molecule has 1 saturated heterocycles. The Morgan fingerprint density at radius 3 is 2.62 bits per heavy atom. The first-order valence-electron chi connectivity index (χ1n) is 8.97. The number of hydrogen-bond donors (Lipinski definition) is 2. The van der Waals surface area contributed by atoms with Gasteiger partial charge in [-0.3, -0.25) is 14.4 Å². The zero-order chi connectivity index (χ0) is 19.2. The number of carbonyl (C=O) groups is 1. The third kappa shape index (κ3) is 6.17. The van der Waals surface area contributed by atoms with Crippen molar-refractivity contribution in [3.63, 3.8) is 0 Å². The Kier molecular flexibility index (Phi) is 7.28. The molecule has 1 aliphatic heterocycles. The van der Waals surface area contributed by atoms with Crippen molar-refractivity contribution in [1.82, 2.24) is 10.2 Å². The largest absolute Gasteiger partial charge is 0.497 e. The summed E-state index contributed by atoms with van der Waals surface area (Å²) in [6.45, 7) is 6.36. The van der Waals surface area contributed by atoms with Gasteiger partial charge in [0.1, 0.15) is 5.75 Å². The fraction of sp³-hybridized carbons (Fsp3) is 0.611. The minimum atomic E-state index is -3.63. The fourth-order valence-electron chi connectivity index (χ4n) is 3.05. The van der Waals surface area contributed by atoms with Gasteiger partial charge in [-0.1, -0.05) is 13.0 Å². The zero-order valence-corrected chi connectivity index (χ0v) is 16.5. The highest BCUT2D eigenvalue weighted by Crippen LogP contribution is 2.18. The van der Waals surface area contributed by atoms with Gasteiger partial charge >= 0.3 is 0 Å². The molecule has 2 rings (SSSR count). The highest BCUT2D eigenvalue weighted by Gasteiger charge is 2.23. The number of likely N-dealkylation sites (tertiary alicyclic amines) is 1. The summed E-state index contributed by atoms with van der Waals surface area (Å²) in [5.41, 5.74) is 0.416. The van der Waals surface area contributed by atoms with Crippen molar-refractivity contribution in [2.24, 2.45) is 5.92 Å². The van der Waals surface area contributed by atoms with Crippen LogP contribution in [0.15, 0.2) is 24.3 Å². The van der Waals surface area contributed by atoms with E-state index in [1.165, 1.54) is 20.0 Å². The topological polar surface area (TPSA) is 87.7 Å². The van der Waals surface area contributed by atoms with Crippen molar-refractivity contribution in [3.8, 4) is 5.75 Å². The van der Waals surface area contributed by atoms with Gasteiger partial charge in [0, 0.05) is 18.7 Å². The quantitative estimate of drug-likeness (QED) is 0.677. The van der Waals surface area contributed by atoms with Gasteiger partial charge in [0.15, 0.2) is 0 Å². The zero-order valence-electron chi connectivity index (χ0n) is 15.7. The molecule has 0 radical (unpaired) electrons. The van der Waals surface area contributed by atoms with Gasteiger partial charge in [-0.15, -0.1) is 0 Å². The number of ether oxygens (including phenoxy) is 1. The summed E-state index contributed by atoms with van der Waals surface area (Å²) >= 11 is 0. The van der Waals surface area contributed by atoms with Crippen LogP contribution in [-0.2, 0) is 14.8 Å². The van der Waals surface area contributed by atoms with Crippen molar-refractivity contribution in [2.75, 3.05) is 37.2 Å². The number of nitrogens with one attached hydrogen (secondary N) is 2. The predicted molar refractivity (Wildman–Crippen MR) is 103 cm³/mol. The Morgan fingerprint density at radius 2 is 1.96 bits per heavy atom. The Bertz CT molecular complexity index is 702. The van der Waals surface area contributed by atoms with Gasteiger partial charge in [-0.2, -0.15) is 0 Å². The van der Waals surface area contributed by atoms with Crippen molar-refractivity contribution >= 4 is 21.6 Å². The summed E-state index contributed by atoms with van der Waals surface area (Å²) in [6.07, 6.45) is 2.39. The average molecular weight is 384 g/mol. The number of amides is 1. The van der Waals surface area contributed by atoms with E-state index in [-0.39, 0.29) is 17.7 Å². The summed E-state index contributed by atoms with van der Waals surface area (Å²) in [5, 5.41) is 2.87. The van der Waals surface area contributed by atoms with Gasteiger partial charge in [-0.25, -0.2) is 8.42 Å². The SMILES string of the molecule is COc1cccc(NS(=O)(=O)CC(C)C(=O)NCC(C)N2CCCC2)c1. The molecule has 0 aliphatic carbocycles. The molecule has 8 heteroatoms. The van der Waals surface area contributed by atoms with Crippen LogP contribution in [0, 0.1) is 5.92 Å². The summed E-state index contributed by atoms with van der Waals surface area (Å²) in [4.78, 5) is 14.6. The highest BCUT2D eigenvalue weighted by atomic mass is 32.2. The minimum Gasteiger partial charge on any atom is -0.497 e. The van der Waals surface area contributed by atoms with E-state index in [9.17, 15) is 13.2 Å². The van der Waals surface area contributed by atoms with E-state index in [0.717, 1.165) is 13.1 Å². The fourth-order valence-corrected chi connectivity index (χ4v) is 4.43. The van der Waals surface area contributed by atoms with Gasteiger partial charge in [0.25, 0.3) is 0 Å². The third-order valence-corrected chi connectivity index (χ3v) is 6.08. The number of hydrogen-bond acceptors (Lipinski definition) is 5. The lowest BCUT2D eigenvalue weighted by atomic mass is 10.2. The van der Waals surface area contributed by atoms with Crippen LogP contribution in [0.5, 0.6) is 5.75 Å².